The van der Waals surface area contributed by atoms with Gasteiger partial charge in [-0.2, -0.15) is 0 Å². The number of esters is 1. The van der Waals surface area contributed by atoms with Gasteiger partial charge in [-0.25, -0.2) is 0 Å². The molecule has 6 unspecified atom stereocenters. The Labute approximate surface area is 109 Å². The molecule has 0 radical (unpaired) electrons. The van der Waals surface area contributed by atoms with Gasteiger partial charge >= 0.3 is 5.97 Å². The summed E-state index contributed by atoms with van der Waals surface area (Å²) in [6, 6.07) is 0. The highest BCUT2D eigenvalue weighted by Gasteiger charge is 2.48. The normalized spacial score (nSPS) is 47.2. The molecule has 1 aliphatic heterocycles. The summed E-state index contributed by atoms with van der Waals surface area (Å²) in [5.41, 5.74) is 0. The molecule has 2 saturated carbocycles. The number of hydrogen-bond acceptors (Lipinski definition) is 3. The number of carbonyl (C=O) groups excluding carboxylic acids is 1. The molecule has 1 heterocycles. The first-order valence-corrected chi connectivity index (χ1v) is 7.51. The van der Waals surface area contributed by atoms with Crippen LogP contribution in [0.2, 0.25) is 0 Å². The van der Waals surface area contributed by atoms with Gasteiger partial charge in [0.1, 0.15) is 6.10 Å². The Morgan fingerprint density at radius 2 is 1.78 bits per heavy atom. The fourth-order valence-electron chi connectivity index (χ4n) is 3.64. The van der Waals surface area contributed by atoms with Crippen molar-refractivity contribution in [2.24, 2.45) is 17.8 Å². The van der Waals surface area contributed by atoms with Gasteiger partial charge in [-0.1, -0.05) is 26.7 Å². The first-order chi connectivity index (χ1) is 8.65. The van der Waals surface area contributed by atoms with Gasteiger partial charge in [0.2, 0.25) is 0 Å². The van der Waals surface area contributed by atoms with Crippen molar-refractivity contribution in [2.45, 2.75) is 70.7 Å². The molecule has 102 valence electrons. The monoisotopic (exact) mass is 252 g/mol. The molecular weight excluding hydrogens is 228 g/mol. The molecule has 3 fully saturated rings. The van der Waals surface area contributed by atoms with Crippen molar-refractivity contribution in [2.75, 3.05) is 0 Å². The molecular formula is C15H24O3. The van der Waals surface area contributed by atoms with E-state index in [0.29, 0.717) is 24.0 Å². The van der Waals surface area contributed by atoms with Crippen LogP contribution in [0.25, 0.3) is 0 Å². The van der Waals surface area contributed by atoms with Crippen molar-refractivity contribution in [3.05, 3.63) is 0 Å². The van der Waals surface area contributed by atoms with E-state index in [2.05, 4.69) is 13.8 Å². The van der Waals surface area contributed by atoms with Crippen LogP contribution in [0.3, 0.4) is 0 Å². The van der Waals surface area contributed by atoms with E-state index in [4.69, 9.17) is 9.47 Å². The van der Waals surface area contributed by atoms with E-state index in [0.717, 1.165) is 19.3 Å². The minimum absolute atomic E-state index is 0.0538. The highest BCUT2D eigenvalue weighted by molar-refractivity contribution is 5.73. The average molecular weight is 252 g/mol. The van der Waals surface area contributed by atoms with Crippen LogP contribution in [0, 0.1) is 17.8 Å². The summed E-state index contributed by atoms with van der Waals surface area (Å²) in [5.74, 6) is 1.15. The van der Waals surface area contributed by atoms with Gasteiger partial charge in [0, 0.05) is 6.42 Å². The standard InChI is InChI=1S/C15H24O3/c1-9-5-3-4-6-11(9)15(16)18-12-8-14-13(17-14)7-10(12)2/h9-14H,3-8H2,1-2H3. The Morgan fingerprint density at radius 3 is 2.56 bits per heavy atom. The third-order valence-electron chi connectivity index (χ3n) is 5.07. The van der Waals surface area contributed by atoms with Crippen LogP contribution in [0.4, 0.5) is 0 Å². The molecule has 2 aliphatic carbocycles. The van der Waals surface area contributed by atoms with Crippen molar-refractivity contribution < 1.29 is 14.3 Å². The molecule has 3 nitrogen and oxygen atoms in total. The van der Waals surface area contributed by atoms with Gasteiger partial charge < -0.3 is 9.47 Å². The summed E-state index contributed by atoms with van der Waals surface area (Å²) in [6.07, 6.45) is 7.54. The van der Waals surface area contributed by atoms with E-state index >= 15 is 0 Å². The molecule has 3 heteroatoms. The first kappa shape index (κ1) is 12.5. The van der Waals surface area contributed by atoms with E-state index in [1.807, 2.05) is 0 Å². The van der Waals surface area contributed by atoms with Gasteiger partial charge in [-0.05, 0) is 31.1 Å². The van der Waals surface area contributed by atoms with Gasteiger partial charge in [0.05, 0.1) is 18.1 Å². The molecule has 18 heavy (non-hydrogen) atoms. The largest absolute Gasteiger partial charge is 0.462 e. The second-order valence-corrected chi connectivity index (χ2v) is 6.51. The van der Waals surface area contributed by atoms with Crippen molar-refractivity contribution in [1.82, 2.24) is 0 Å². The summed E-state index contributed by atoms with van der Waals surface area (Å²) in [4.78, 5) is 12.3. The lowest BCUT2D eigenvalue weighted by Crippen LogP contribution is -2.36. The topological polar surface area (TPSA) is 38.8 Å². The second kappa shape index (κ2) is 4.84. The molecule has 0 amide bonds. The second-order valence-electron chi connectivity index (χ2n) is 6.51. The molecule has 1 saturated heterocycles. The predicted octanol–water partition coefficient (Wildman–Crippen LogP) is 2.92. The van der Waals surface area contributed by atoms with Gasteiger partial charge in [-0.15, -0.1) is 0 Å². The Bertz CT molecular complexity index is 328. The quantitative estimate of drug-likeness (QED) is 0.560. The summed E-state index contributed by atoms with van der Waals surface area (Å²) in [6.45, 7) is 4.37. The molecule has 0 aromatic rings. The summed E-state index contributed by atoms with van der Waals surface area (Å²) < 4.78 is 11.3. The number of ether oxygens (including phenoxy) is 2. The maximum Gasteiger partial charge on any atom is 0.309 e. The first-order valence-electron chi connectivity index (χ1n) is 7.51. The maximum atomic E-state index is 12.3. The Kier molecular flexibility index (Phi) is 3.35. The van der Waals surface area contributed by atoms with Gasteiger partial charge in [0.15, 0.2) is 0 Å². The summed E-state index contributed by atoms with van der Waals surface area (Å²) in [7, 11) is 0. The average Bonchev–Trinajstić information content (AvgIpc) is 3.07. The van der Waals surface area contributed by atoms with Crippen LogP contribution in [0.15, 0.2) is 0 Å². The molecule has 3 rings (SSSR count). The zero-order valence-corrected chi connectivity index (χ0v) is 11.4. The fourth-order valence-corrected chi connectivity index (χ4v) is 3.64. The highest BCUT2D eigenvalue weighted by Crippen LogP contribution is 2.41. The summed E-state index contributed by atoms with van der Waals surface area (Å²) >= 11 is 0. The van der Waals surface area contributed by atoms with E-state index in [-0.39, 0.29) is 18.0 Å². The van der Waals surface area contributed by atoms with Gasteiger partial charge in [-0.3, -0.25) is 4.79 Å². The van der Waals surface area contributed by atoms with Crippen LogP contribution < -0.4 is 0 Å². The Balaban J connectivity index is 1.56. The predicted molar refractivity (Wildman–Crippen MR) is 68.1 cm³/mol. The number of hydrogen-bond donors (Lipinski definition) is 0. The maximum absolute atomic E-state index is 12.3. The molecule has 0 aromatic carbocycles. The van der Waals surface area contributed by atoms with Crippen LogP contribution in [0.5, 0.6) is 0 Å². The molecule has 0 spiro atoms. The van der Waals surface area contributed by atoms with Crippen molar-refractivity contribution in [1.29, 1.82) is 0 Å². The lowest BCUT2D eigenvalue weighted by Gasteiger charge is -2.31. The number of carbonyl (C=O) groups is 1. The molecule has 6 atom stereocenters. The van der Waals surface area contributed by atoms with E-state index in [9.17, 15) is 4.79 Å². The highest BCUT2D eigenvalue weighted by atomic mass is 16.6. The fraction of sp³-hybridized carbons (Fsp3) is 0.933. The van der Waals surface area contributed by atoms with Crippen molar-refractivity contribution in [3.8, 4) is 0 Å². The minimum Gasteiger partial charge on any atom is -0.462 e. The van der Waals surface area contributed by atoms with Gasteiger partial charge in [0.25, 0.3) is 0 Å². The van der Waals surface area contributed by atoms with E-state index in [1.165, 1.54) is 19.3 Å². The Hall–Kier alpha value is -0.570. The number of epoxide rings is 1. The minimum atomic E-state index is 0.0538. The Morgan fingerprint density at radius 1 is 1.06 bits per heavy atom. The van der Waals surface area contributed by atoms with Crippen molar-refractivity contribution >= 4 is 5.97 Å². The van der Waals surface area contributed by atoms with Crippen LogP contribution in [-0.2, 0) is 14.3 Å². The third kappa shape index (κ3) is 2.42. The van der Waals surface area contributed by atoms with Crippen LogP contribution in [-0.4, -0.2) is 24.3 Å². The summed E-state index contributed by atoms with van der Waals surface area (Å²) in [5, 5.41) is 0. The lowest BCUT2D eigenvalue weighted by molar-refractivity contribution is -0.160. The lowest BCUT2D eigenvalue weighted by atomic mass is 9.80. The zero-order valence-electron chi connectivity index (χ0n) is 11.4. The van der Waals surface area contributed by atoms with Crippen molar-refractivity contribution in [3.63, 3.8) is 0 Å². The van der Waals surface area contributed by atoms with E-state index < -0.39 is 0 Å². The number of rotatable bonds is 2. The molecule has 0 bridgehead atoms. The van der Waals surface area contributed by atoms with Crippen LogP contribution >= 0.6 is 0 Å². The number of fused-ring (bicyclic) bond motifs is 1. The SMILES string of the molecule is CC1CC2OC2CC1OC(=O)C1CCCCC1C. The van der Waals surface area contributed by atoms with E-state index in [1.54, 1.807) is 0 Å². The molecule has 0 aromatic heterocycles. The third-order valence-corrected chi connectivity index (χ3v) is 5.07. The smallest absolute Gasteiger partial charge is 0.309 e. The van der Waals surface area contributed by atoms with Crippen LogP contribution in [0.1, 0.15) is 52.4 Å². The molecule has 3 aliphatic rings. The zero-order chi connectivity index (χ0) is 12.7. The molecule has 0 N–H and O–H groups in total.